The maximum Gasteiger partial charge on any atom is 0.262 e. The molecule has 0 spiro atoms. The van der Waals surface area contributed by atoms with Gasteiger partial charge in [0.1, 0.15) is 4.83 Å². The van der Waals surface area contributed by atoms with E-state index in [2.05, 4.69) is 16.4 Å². The van der Waals surface area contributed by atoms with E-state index in [1.54, 1.807) is 7.05 Å². The molecule has 1 aliphatic carbocycles. The maximum atomic E-state index is 12.8. The number of amides is 1. The van der Waals surface area contributed by atoms with Gasteiger partial charge in [-0.05, 0) is 43.7 Å². The molecule has 3 aromatic rings. The van der Waals surface area contributed by atoms with E-state index in [-0.39, 0.29) is 17.2 Å². The number of carbonyl (C=O) groups is 1. The molecule has 1 amide bonds. The van der Waals surface area contributed by atoms with Crippen LogP contribution in [0.3, 0.4) is 0 Å². The molecule has 156 valence electrons. The van der Waals surface area contributed by atoms with Crippen molar-refractivity contribution in [3.8, 4) is 10.4 Å². The molecule has 30 heavy (non-hydrogen) atoms. The van der Waals surface area contributed by atoms with Crippen LogP contribution in [-0.4, -0.2) is 27.8 Å². The Morgan fingerprint density at radius 2 is 2.10 bits per heavy atom. The molecule has 5 nitrogen and oxygen atoms in total. The van der Waals surface area contributed by atoms with Crippen LogP contribution in [0.4, 0.5) is 0 Å². The summed E-state index contributed by atoms with van der Waals surface area (Å²) in [7, 11) is 1.71. The highest BCUT2D eigenvalue weighted by Gasteiger charge is 2.14. The summed E-state index contributed by atoms with van der Waals surface area (Å²) in [5.41, 5.74) is 2.45. The van der Waals surface area contributed by atoms with Crippen LogP contribution in [0, 0.1) is 0 Å². The molecule has 0 radical (unpaired) electrons. The van der Waals surface area contributed by atoms with Crippen molar-refractivity contribution < 1.29 is 4.79 Å². The average molecular weight is 440 g/mol. The molecule has 1 N–H and O–H groups in total. The zero-order valence-corrected chi connectivity index (χ0v) is 18.7. The normalized spacial score (nSPS) is 14.0. The predicted molar refractivity (Wildman–Crippen MR) is 125 cm³/mol. The van der Waals surface area contributed by atoms with E-state index in [0.29, 0.717) is 21.9 Å². The smallest absolute Gasteiger partial charge is 0.262 e. The lowest BCUT2D eigenvalue weighted by Crippen LogP contribution is -2.27. The van der Waals surface area contributed by atoms with Crippen molar-refractivity contribution in [1.29, 1.82) is 0 Å². The number of hydrogen-bond donors (Lipinski definition) is 1. The molecule has 0 atom stereocenters. The van der Waals surface area contributed by atoms with E-state index in [1.807, 2.05) is 36.4 Å². The molecular weight excluding hydrogens is 414 g/mol. The maximum absolute atomic E-state index is 12.8. The van der Waals surface area contributed by atoms with Crippen molar-refractivity contribution in [3.05, 3.63) is 58.4 Å². The molecular formula is C23H25N3O2S2. The first-order valence-corrected chi connectivity index (χ1v) is 12.1. The van der Waals surface area contributed by atoms with Gasteiger partial charge in [-0.2, -0.15) is 0 Å². The lowest BCUT2D eigenvalue weighted by molar-refractivity contribution is -0.118. The first kappa shape index (κ1) is 20.9. The van der Waals surface area contributed by atoms with Crippen molar-refractivity contribution in [3.63, 3.8) is 0 Å². The summed E-state index contributed by atoms with van der Waals surface area (Å²) >= 11 is 2.81. The molecule has 0 unspecified atom stereocenters. The van der Waals surface area contributed by atoms with Crippen LogP contribution in [0.2, 0.25) is 0 Å². The number of allylic oxidation sites excluding steroid dienone is 1. The average Bonchev–Trinajstić information content (AvgIpc) is 3.21. The lowest BCUT2D eigenvalue weighted by Gasteiger charge is -2.13. The Labute approximate surface area is 184 Å². The third-order valence-corrected chi connectivity index (χ3v) is 7.38. The Kier molecular flexibility index (Phi) is 6.69. The van der Waals surface area contributed by atoms with Crippen molar-refractivity contribution in [2.24, 2.45) is 7.05 Å². The van der Waals surface area contributed by atoms with Crippen LogP contribution in [0.1, 0.15) is 32.1 Å². The van der Waals surface area contributed by atoms with Gasteiger partial charge >= 0.3 is 0 Å². The Hall–Kier alpha value is -2.38. The van der Waals surface area contributed by atoms with E-state index >= 15 is 0 Å². The van der Waals surface area contributed by atoms with Crippen LogP contribution < -0.4 is 10.9 Å². The highest BCUT2D eigenvalue weighted by Crippen LogP contribution is 2.31. The summed E-state index contributed by atoms with van der Waals surface area (Å²) in [5.74, 6) is 0.226. The van der Waals surface area contributed by atoms with Crippen LogP contribution in [0.25, 0.3) is 20.7 Å². The summed E-state index contributed by atoms with van der Waals surface area (Å²) in [6.45, 7) is 0.669. The van der Waals surface area contributed by atoms with Crippen LogP contribution in [0.15, 0.2) is 58.0 Å². The molecule has 0 bridgehead atoms. The molecule has 1 aliphatic rings. The van der Waals surface area contributed by atoms with Gasteiger partial charge < -0.3 is 5.32 Å². The van der Waals surface area contributed by atoms with Gasteiger partial charge in [0, 0.05) is 18.5 Å². The fraction of sp³-hybridized carbons (Fsp3) is 0.348. The fourth-order valence-corrected chi connectivity index (χ4v) is 5.48. The van der Waals surface area contributed by atoms with E-state index in [0.717, 1.165) is 29.7 Å². The Morgan fingerprint density at radius 1 is 1.27 bits per heavy atom. The quantitative estimate of drug-likeness (QED) is 0.327. The molecule has 7 heteroatoms. The number of thioether (sulfide) groups is 1. The zero-order valence-electron chi connectivity index (χ0n) is 17.0. The van der Waals surface area contributed by atoms with Crippen molar-refractivity contribution in [1.82, 2.24) is 14.9 Å². The number of nitrogens with one attached hydrogen (secondary N) is 1. The number of hydrogen-bond acceptors (Lipinski definition) is 5. The SMILES string of the molecule is Cn1c(SCC(=O)NCCC2=CCCCC2)nc2sc(-c3ccccc3)cc2c1=O. The van der Waals surface area contributed by atoms with Crippen LogP contribution in [-0.2, 0) is 11.8 Å². The number of benzene rings is 1. The third-order valence-electron chi connectivity index (χ3n) is 5.28. The molecule has 0 saturated carbocycles. The summed E-state index contributed by atoms with van der Waals surface area (Å²) in [6, 6.07) is 11.9. The number of thiophene rings is 1. The van der Waals surface area contributed by atoms with Gasteiger partial charge in [-0.3, -0.25) is 14.2 Å². The lowest BCUT2D eigenvalue weighted by atomic mass is 9.97. The van der Waals surface area contributed by atoms with E-state index < -0.39 is 0 Å². The second kappa shape index (κ2) is 9.62. The third kappa shape index (κ3) is 4.84. The first-order valence-electron chi connectivity index (χ1n) is 10.3. The van der Waals surface area contributed by atoms with Gasteiger partial charge in [-0.25, -0.2) is 4.98 Å². The predicted octanol–water partition coefficient (Wildman–Crippen LogP) is 4.76. The number of nitrogens with zero attached hydrogens (tertiary/aromatic N) is 2. The Bertz CT molecular complexity index is 1130. The minimum absolute atomic E-state index is 0.0260. The minimum Gasteiger partial charge on any atom is -0.355 e. The Balaban J connectivity index is 1.41. The van der Waals surface area contributed by atoms with Crippen molar-refractivity contribution in [2.45, 2.75) is 37.3 Å². The summed E-state index contributed by atoms with van der Waals surface area (Å²) in [5, 5.41) is 4.17. The number of aromatic nitrogens is 2. The topological polar surface area (TPSA) is 64.0 Å². The van der Waals surface area contributed by atoms with Gasteiger partial charge in [0.25, 0.3) is 5.56 Å². The molecule has 2 heterocycles. The number of rotatable bonds is 7. The first-order chi connectivity index (χ1) is 14.6. The molecule has 2 aromatic heterocycles. The molecule has 0 aliphatic heterocycles. The number of fused-ring (bicyclic) bond motifs is 1. The summed E-state index contributed by atoms with van der Waals surface area (Å²) < 4.78 is 1.54. The van der Waals surface area contributed by atoms with Crippen LogP contribution in [0.5, 0.6) is 0 Å². The van der Waals surface area contributed by atoms with Crippen LogP contribution >= 0.6 is 23.1 Å². The van der Waals surface area contributed by atoms with Gasteiger partial charge in [0.2, 0.25) is 5.91 Å². The van der Waals surface area contributed by atoms with Crippen molar-refractivity contribution in [2.75, 3.05) is 12.3 Å². The highest BCUT2D eigenvalue weighted by molar-refractivity contribution is 7.99. The largest absolute Gasteiger partial charge is 0.355 e. The fourth-order valence-electron chi connectivity index (χ4n) is 3.60. The van der Waals surface area contributed by atoms with E-state index in [1.165, 1.54) is 46.1 Å². The zero-order chi connectivity index (χ0) is 20.9. The monoisotopic (exact) mass is 439 g/mol. The van der Waals surface area contributed by atoms with E-state index in [4.69, 9.17) is 0 Å². The summed E-state index contributed by atoms with van der Waals surface area (Å²) in [6.07, 6.45) is 8.09. The molecule has 0 fully saturated rings. The number of carbonyl (C=O) groups excluding carboxylic acids is 1. The minimum atomic E-state index is -0.0782. The Morgan fingerprint density at radius 3 is 2.87 bits per heavy atom. The van der Waals surface area contributed by atoms with Gasteiger partial charge in [0.15, 0.2) is 5.16 Å². The standard InChI is InChI=1S/C23H25N3O2S2/c1-26-22(28)18-14-19(17-10-6-3-7-11-17)30-21(18)25-23(26)29-15-20(27)24-13-12-16-8-4-2-5-9-16/h3,6-8,10-11,14H,2,4-5,9,12-13,15H2,1H3,(H,24,27). The summed E-state index contributed by atoms with van der Waals surface area (Å²) in [4.78, 5) is 31.4. The molecule has 0 saturated heterocycles. The van der Waals surface area contributed by atoms with Gasteiger partial charge in [-0.15, -0.1) is 11.3 Å². The van der Waals surface area contributed by atoms with E-state index in [9.17, 15) is 9.59 Å². The second-order valence-corrected chi connectivity index (χ2v) is 9.42. The van der Waals surface area contributed by atoms with Crippen molar-refractivity contribution >= 4 is 39.2 Å². The molecule has 4 rings (SSSR count). The molecule has 1 aromatic carbocycles. The second-order valence-electron chi connectivity index (χ2n) is 7.45. The highest BCUT2D eigenvalue weighted by atomic mass is 32.2. The van der Waals surface area contributed by atoms with Gasteiger partial charge in [0.05, 0.1) is 11.1 Å². The van der Waals surface area contributed by atoms with Gasteiger partial charge in [-0.1, -0.05) is 53.7 Å².